The molecule has 0 atom stereocenters. The van der Waals surface area contributed by atoms with Gasteiger partial charge in [-0.3, -0.25) is 4.68 Å². The van der Waals surface area contributed by atoms with E-state index in [1.165, 1.54) is 6.07 Å². The van der Waals surface area contributed by atoms with Crippen molar-refractivity contribution in [2.24, 2.45) is 7.05 Å². The van der Waals surface area contributed by atoms with Crippen molar-refractivity contribution in [3.8, 4) is 11.3 Å². The minimum atomic E-state index is -0.180. The predicted molar refractivity (Wildman–Crippen MR) is 55.8 cm³/mol. The molecule has 15 heavy (non-hydrogen) atoms. The molecule has 0 spiro atoms. The fourth-order valence-electron chi connectivity index (χ4n) is 1.47. The average Bonchev–Trinajstić information content (AvgIpc) is 2.65. The summed E-state index contributed by atoms with van der Waals surface area (Å²) in [6.07, 6.45) is 2.47. The zero-order valence-electron chi connectivity index (χ0n) is 8.74. The Balaban J connectivity index is 2.42. The van der Waals surface area contributed by atoms with E-state index in [0.29, 0.717) is 12.1 Å². The van der Waals surface area contributed by atoms with E-state index in [-0.39, 0.29) is 5.82 Å². The maximum atomic E-state index is 13.5. The van der Waals surface area contributed by atoms with E-state index in [9.17, 15) is 4.39 Å². The molecular weight excluding hydrogens is 193 g/mol. The Morgan fingerprint density at radius 3 is 2.73 bits per heavy atom. The van der Waals surface area contributed by atoms with Gasteiger partial charge in [-0.2, -0.15) is 0 Å². The summed E-state index contributed by atoms with van der Waals surface area (Å²) >= 11 is 0. The van der Waals surface area contributed by atoms with Crippen LogP contribution in [0.2, 0.25) is 0 Å². The molecule has 0 N–H and O–H groups in total. The Morgan fingerprint density at radius 1 is 1.40 bits per heavy atom. The molecule has 2 aromatic rings. The lowest BCUT2D eigenvalue weighted by Crippen LogP contribution is -1.88. The lowest BCUT2D eigenvalue weighted by molar-refractivity contribution is 0.612. The maximum Gasteiger partial charge on any atom is 0.127 e. The van der Waals surface area contributed by atoms with Crippen LogP contribution in [-0.4, -0.2) is 15.0 Å². The highest BCUT2D eigenvalue weighted by atomic mass is 19.1. The van der Waals surface area contributed by atoms with Gasteiger partial charge in [0.05, 0.1) is 6.20 Å². The number of hydrogen-bond acceptors (Lipinski definition) is 2. The second kappa shape index (κ2) is 3.81. The van der Waals surface area contributed by atoms with Crippen LogP contribution in [0.4, 0.5) is 4.39 Å². The quantitative estimate of drug-likeness (QED) is 0.752. The number of nitrogens with zero attached hydrogens (tertiary/aromatic N) is 3. The van der Waals surface area contributed by atoms with Crippen LogP contribution in [0.25, 0.3) is 11.3 Å². The molecule has 0 saturated carbocycles. The second-order valence-electron chi connectivity index (χ2n) is 3.44. The maximum absolute atomic E-state index is 13.5. The van der Waals surface area contributed by atoms with E-state index in [4.69, 9.17) is 0 Å². The van der Waals surface area contributed by atoms with Gasteiger partial charge in [-0.05, 0) is 18.1 Å². The second-order valence-corrected chi connectivity index (χ2v) is 3.44. The third-order valence-corrected chi connectivity index (χ3v) is 2.33. The highest BCUT2D eigenvalue weighted by Crippen LogP contribution is 2.19. The Bertz CT molecular complexity index is 476. The predicted octanol–water partition coefficient (Wildman–Crippen LogP) is 2.18. The van der Waals surface area contributed by atoms with E-state index < -0.39 is 0 Å². The van der Waals surface area contributed by atoms with Crippen molar-refractivity contribution in [2.45, 2.75) is 13.3 Å². The summed E-state index contributed by atoms with van der Waals surface area (Å²) < 4.78 is 15.1. The van der Waals surface area contributed by atoms with Crippen molar-refractivity contribution in [2.75, 3.05) is 0 Å². The lowest BCUT2D eigenvalue weighted by atomic mass is 10.1. The topological polar surface area (TPSA) is 30.7 Å². The first-order valence-electron chi connectivity index (χ1n) is 4.86. The largest absolute Gasteiger partial charge is 0.255 e. The Kier molecular flexibility index (Phi) is 2.49. The molecule has 0 saturated heterocycles. The van der Waals surface area contributed by atoms with Crippen molar-refractivity contribution in [1.82, 2.24) is 15.0 Å². The van der Waals surface area contributed by atoms with Crippen LogP contribution in [0.5, 0.6) is 0 Å². The molecule has 0 fully saturated rings. The van der Waals surface area contributed by atoms with Gasteiger partial charge in [0.2, 0.25) is 0 Å². The Labute approximate surface area is 87.5 Å². The summed E-state index contributed by atoms with van der Waals surface area (Å²) in [7, 11) is 1.78. The Hall–Kier alpha value is -1.71. The van der Waals surface area contributed by atoms with Crippen molar-refractivity contribution < 1.29 is 4.39 Å². The molecule has 0 bridgehead atoms. The normalized spacial score (nSPS) is 10.6. The van der Waals surface area contributed by atoms with Crippen molar-refractivity contribution in [3.05, 3.63) is 35.8 Å². The van der Waals surface area contributed by atoms with E-state index in [1.54, 1.807) is 24.0 Å². The van der Waals surface area contributed by atoms with Gasteiger partial charge in [-0.15, -0.1) is 5.10 Å². The first kappa shape index (κ1) is 9.83. The van der Waals surface area contributed by atoms with Crippen LogP contribution in [0, 0.1) is 5.82 Å². The average molecular weight is 205 g/mol. The van der Waals surface area contributed by atoms with Gasteiger partial charge in [-0.25, -0.2) is 4.39 Å². The lowest BCUT2D eigenvalue weighted by Gasteiger charge is -2.01. The van der Waals surface area contributed by atoms with Crippen LogP contribution >= 0.6 is 0 Å². The van der Waals surface area contributed by atoms with Crippen LogP contribution < -0.4 is 0 Å². The number of hydrogen-bond donors (Lipinski definition) is 0. The number of rotatable bonds is 2. The molecule has 0 aliphatic rings. The SMILES string of the molecule is CCc1ccc(-c2cn(C)nn2)cc1F. The number of aromatic nitrogens is 3. The summed E-state index contributed by atoms with van der Waals surface area (Å²) in [6.45, 7) is 1.93. The zero-order chi connectivity index (χ0) is 10.8. The monoisotopic (exact) mass is 205 g/mol. The zero-order valence-corrected chi connectivity index (χ0v) is 8.74. The molecule has 1 aromatic heterocycles. The molecule has 78 valence electrons. The highest BCUT2D eigenvalue weighted by molar-refractivity contribution is 5.58. The van der Waals surface area contributed by atoms with E-state index >= 15 is 0 Å². The van der Waals surface area contributed by atoms with Crippen LogP contribution in [0.3, 0.4) is 0 Å². The van der Waals surface area contributed by atoms with Crippen molar-refractivity contribution >= 4 is 0 Å². The van der Waals surface area contributed by atoms with E-state index in [2.05, 4.69) is 10.3 Å². The molecular formula is C11H12FN3. The summed E-state index contributed by atoms with van der Waals surface area (Å²) in [5.41, 5.74) is 2.18. The van der Waals surface area contributed by atoms with Crippen molar-refractivity contribution in [1.29, 1.82) is 0 Å². The third-order valence-electron chi connectivity index (χ3n) is 2.33. The molecule has 0 aliphatic heterocycles. The smallest absolute Gasteiger partial charge is 0.127 e. The molecule has 0 amide bonds. The molecule has 1 aromatic carbocycles. The van der Waals surface area contributed by atoms with Gasteiger partial charge in [0.1, 0.15) is 11.5 Å². The minimum Gasteiger partial charge on any atom is -0.255 e. The van der Waals surface area contributed by atoms with Gasteiger partial charge in [0.15, 0.2) is 0 Å². The number of benzene rings is 1. The molecule has 0 unspecified atom stereocenters. The minimum absolute atomic E-state index is 0.180. The first-order valence-corrected chi connectivity index (χ1v) is 4.86. The van der Waals surface area contributed by atoms with E-state index in [1.807, 2.05) is 13.0 Å². The fraction of sp³-hybridized carbons (Fsp3) is 0.273. The van der Waals surface area contributed by atoms with Crippen LogP contribution in [0.1, 0.15) is 12.5 Å². The van der Waals surface area contributed by atoms with Crippen LogP contribution in [0.15, 0.2) is 24.4 Å². The summed E-state index contributed by atoms with van der Waals surface area (Å²) in [5.74, 6) is -0.180. The summed E-state index contributed by atoms with van der Waals surface area (Å²) in [4.78, 5) is 0. The molecule has 2 rings (SSSR count). The first-order chi connectivity index (χ1) is 7.20. The van der Waals surface area contributed by atoms with Gasteiger partial charge in [0, 0.05) is 12.6 Å². The Morgan fingerprint density at radius 2 is 2.20 bits per heavy atom. The summed E-state index contributed by atoms with van der Waals surface area (Å²) in [6, 6.07) is 5.16. The number of aryl methyl sites for hydroxylation is 2. The standard InChI is InChI=1S/C11H12FN3/c1-3-8-4-5-9(6-10(8)12)11-7-15(2)14-13-11/h4-7H,3H2,1-2H3. The molecule has 0 radical (unpaired) electrons. The molecule has 4 heteroatoms. The summed E-state index contributed by atoms with van der Waals surface area (Å²) in [5, 5.41) is 7.74. The fourth-order valence-corrected chi connectivity index (χ4v) is 1.47. The van der Waals surface area contributed by atoms with E-state index in [0.717, 1.165) is 11.1 Å². The molecule has 0 aliphatic carbocycles. The molecule has 1 heterocycles. The van der Waals surface area contributed by atoms with Gasteiger partial charge < -0.3 is 0 Å². The van der Waals surface area contributed by atoms with Gasteiger partial charge >= 0.3 is 0 Å². The highest BCUT2D eigenvalue weighted by Gasteiger charge is 2.06. The third kappa shape index (κ3) is 1.88. The number of halogens is 1. The van der Waals surface area contributed by atoms with Gasteiger partial charge in [0.25, 0.3) is 0 Å². The van der Waals surface area contributed by atoms with Crippen molar-refractivity contribution in [3.63, 3.8) is 0 Å². The van der Waals surface area contributed by atoms with Crippen LogP contribution in [-0.2, 0) is 13.5 Å². The molecule has 3 nitrogen and oxygen atoms in total. The van der Waals surface area contributed by atoms with Gasteiger partial charge in [-0.1, -0.05) is 24.3 Å².